The highest BCUT2D eigenvalue weighted by molar-refractivity contribution is 14.0. The number of likely N-dealkylation sites (N-methyl/N-ethyl adjacent to an activating group) is 1. The molecule has 1 unspecified atom stereocenters. The number of guanidine groups is 1. The van der Waals surface area contributed by atoms with E-state index in [0.717, 1.165) is 18.3 Å². The summed E-state index contributed by atoms with van der Waals surface area (Å²) in [6.45, 7) is 7.13. The number of halogens is 1. The molecule has 132 valence electrons. The summed E-state index contributed by atoms with van der Waals surface area (Å²) in [5.41, 5.74) is 1.22. The number of rotatable bonds is 5. The van der Waals surface area contributed by atoms with Crippen LogP contribution in [0.4, 0.5) is 0 Å². The van der Waals surface area contributed by atoms with E-state index in [9.17, 15) is 0 Å². The lowest BCUT2D eigenvalue weighted by Crippen LogP contribution is -2.49. The average Bonchev–Trinajstić information content (AvgIpc) is 2.45. The minimum atomic E-state index is -0.0183. The molecule has 1 rings (SSSR count). The maximum Gasteiger partial charge on any atom is 0.191 e. The largest absolute Gasteiger partial charge is 0.497 e. The zero-order valence-corrected chi connectivity index (χ0v) is 17.6. The number of benzene rings is 1. The summed E-state index contributed by atoms with van der Waals surface area (Å²) in [5, 5.41) is 6.77. The van der Waals surface area contributed by atoms with Gasteiger partial charge in [-0.1, -0.05) is 12.1 Å². The van der Waals surface area contributed by atoms with Crippen LogP contribution < -0.4 is 15.4 Å². The van der Waals surface area contributed by atoms with Crippen molar-refractivity contribution in [1.29, 1.82) is 0 Å². The fourth-order valence-electron chi connectivity index (χ4n) is 2.15. The number of hydrogen-bond acceptors (Lipinski definition) is 3. The van der Waals surface area contributed by atoms with Crippen LogP contribution in [0, 0.1) is 0 Å². The van der Waals surface area contributed by atoms with E-state index in [-0.39, 0.29) is 35.6 Å². The lowest BCUT2D eigenvalue weighted by molar-refractivity contribution is 0.297. The fraction of sp³-hybridized carbons (Fsp3) is 0.588. The van der Waals surface area contributed by atoms with Gasteiger partial charge in [-0.25, -0.2) is 0 Å². The highest BCUT2D eigenvalue weighted by atomic mass is 127. The van der Waals surface area contributed by atoms with Crippen molar-refractivity contribution in [2.24, 2.45) is 4.99 Å². The minimum Gasteiger partial charge on any atom is -0.497 e. The van der Waals surface area contributed by atoms with Crippen LogP contribution in [0.5, 0.6) is 5.75 Å². The third-order valence-corrected chi connectivity index (χ3v) is 3.30. The summed E-state index contributed by atoms with van der Waals surface area (Å²) in [4.78, 5) is 6.48. The van der Waals surface area contributed by atoms with Crippen molar-refractivity contribution >= 4 is 29.9 Å². The Kier molecular flexibility index (Phi) is 9.53. The topological polar surface area (TPSA) is 48.9 Å². The predicted molar refractivity (Wildman–Crippen MR) is 109 cm³/mol. The molecular weight excluding hydrogens is 403 g/mol. The SMILES string of the molecule is CN=C(NCC(c1ccc(OC)cc1)N(C)C)NC(C)(C)C.I. The summed E-state index contributed by atoms with van der Waals surface area (Å²) in [5.74, 6) is 1.69. The first-order valence-electron chi connectivity index (χ1n) is 7.56. The number of methoxy groups -OCH3 is 1. The Morgan fingerprint density at radius 3 is 2.17 bits per heavy atom. The Labute approximate surface area is 157 Å². The summed E-state index contributed by atoms with van der Waals surface area (Å²) in [7, 11) is 7.63. The van der Waals surface area contributed by atoms with Crippen molar-refractivity contribution in [1.82, 2.24) is 15.5 Å². The Hall–Kier alpha value is -1.02. The molecule has 0 aliphatic heterocycles. The maximum absolute atomic E-state index is 5.22. The van der Waals surface area contributed by atoms with Crippen molar-refractivity contribution in [2.75, 3.05) is 34.8 Å². The highest BCUT2D eigenvalue weighted by Gasteiger charge is 2.17. The molecule has 0 heterocycles. The van der Waals surface area contributed by atoms with E-state index in [2.05, 4.69) is 67.5 Å². The fourth-order valence-corrected chi connectivity index (χ4v) is 2.15. The summed E-state index contributed by atoms with van der Waals surface area (Å²) in [6.07, 6.45) is 0. The molecule has 0 bridgehead atoms. The van der Waals surface area contributed by atoms with Crippen molar-refractivity contribution in [3.63, 3.8) is 0 Å². The molecule has 0 saturated heterocycles. The molecule has 0 fully saturated rings. The van der Waals surface area contributed by atoms with E-state index >= 15 is 0 Å². The van der Waals surface area contributed by atoms with E-state index in [0.29, 0.717) is 0 Å². The van der Waals surface area contributed by atoms with Gasteiger partial charge in [0.25, 0.3) is 0 Å². The smallest absolute Gasteiger partial charge is 0.191 e. The molecule has 0 spiro atoms. The molecule has 1 aromatic carbocycles. The standard InChI is InChI=1S/C17H30N4O.HI/c1-17(2,3)20-16(18-4)19-12-15(21(5)6)13-8-10-14(22-7)11-9-13;/h8-11,15H,12H2,1-7H3,(H2,18,19,20);1H. The zero-order valence-electron chi connectivity index (χ0n) is 15.3. The second-order valence-electron chi connectivity index (χ2n) is 6.58. The van der Waals surface area contributed by atoms with Crippen molar-refractivity contribution < 1.29 is 4.74 Å². The molecule has 23 heavy (non-hydrogen) atoms. The van der Waals surface area contributed by atoms with Gasteiger partial charge in [-0.05, 0) is 52.6 Å². The maximum atomic E-state index is 5.22. The molecule has 0 aliphatic carbocycles. The van der Waals surface area contributed by atoms with E-state index in [4.69, 9.17) is 4.74 Å². The first-order chi connectivity index (χ1) is 10.3. The van der Waals surface area contributed by atoms with Gasteiger partial charge in [0, 0.05) is 19.1 Å². The predicted octanol–water partition coefficient (Wildman–Crippen LogP) is 2.88. The van der Waals surface area contributed by atoms with Gasteiger partial charge >= 0.3 is 0 Å². The van der Waals surface area contributed by atoms with Crippen molar-refractivity contribution in [2.45, 2.75) is 32.4 Å². The van der Waals surface area contributed by atoms with Gasteiger partial charge in [0.2, 0.25) is 0 Å². The van der Waals surface area contributed by atoms with Crippen LogP contribution in [0.15, 0.2) is 29.3 Å². The molecule has 5 nitrogen and oxygen atoms in total. The molecule has 1 atom stereocenters. The summed E-state index contributed by atoms with van der Waals surface area (Å²) >= 11 is 0. The second kappa shape index (κ2) is 9.97. The lowest BCUT2D eigenvalue weighted by atomic mass is 10.1. The zero-order chi connectivity index (χ0) is 16.8. The van der Waals surface area contributed by atoms with Crippen molar-refractivity contribution in [3.05, 3.63) is 29.8 Å². The van der Waals surface area contributed by atoms with Gasteiger partial charge < -0.3 is 20.3 Å². The van der Waals surface area contributed by atoms with E-state index in [1.54, 1.807) is 14.2 Å². The molecule has 0 aliphatic rings. The number of ether oxygens (including phenoxy) is 1. The number of hydrogen-bond donors (Lipinski definition) is 2. The van der Waals surface area contributed by atoms with Crippen LogP contribution in [0.1, 0.15) is 32.4 Å². The first kappa shape index (κ1) is 22.0. The highest BCUT2D eigenvalue weighted by Crippen LogP contribution is 2.20. The van der Waals surface area contributed by atoms with Crippen LogP contribution in [-0.2, 0) is 0 Å². The van der Waals surface area contributed by atoms with Crippen LogP contribution >= 0.6 is 24.0 Å². The number of nitrogens with zero attached hydrogens (tertiary/aromatic N) is 2. The van der Waals surface area contributed by atoms with E-state index < -0.39 is 0 Å². The quantitative estimate of drug-likeness (QED) is 0.425. The van der Waals surface area contributed by atoms with Crippen LogP contribution in [0.3, 0.4) is 0 Å². The Bertz CT molecular complexity index is 480. The average molecular weight is 434 g/mol. The lowest BCUT2D eigenvalue weighted by Gasteiger charge is -2.28. The van der Waals surface area contributed by atoms with Crippen LogP contribution in [-0.4, -0.2) is 51.2 Å². The number of nitrogens with one attached hydrogen (secondary N) is 2. The van der Waals surface area contributed by atoms with Crippen LogP contribution in [0.2, 0.25) is 0 Å². The molecule has 6 heteroatoms. The Balaban J connectivity index is 0.00000484. The van der Waals surface area contributed by atoms with E-state index in [1.807, 2.05) is 12.1 Å². The second-order valence-corrected chi connectivity index (χ2v) is 6.58. The molecule has 0 amide bonds. The molecule has 0 saturated carbocycles. The van der Waals surface area contributed by atoms with Gasteiger partial charge in [0.05, 0.1) is 13.2 Å². The van der Waals surface area contributed by atoms with Gasteiger partial charge in [-0.15, -0.1) is 24.0 Å². The van der Waals surface area contributed by atoms with E-state index in [1.165, 1.54) is 5.56 Å². The molecule has 0 aromatic heterocycles. The summed E-state index contributed by atoms with van der Waals surface area (Å²) < 4.78 is 5.22. The third-order valence-electron chi connectivity index (χ3n) is 3.30. The number of aliphatic imine (C=N–C) groups is 1. The van der Waals surface area contributed by atoms with Crippen LogP contribution in [0.25, 0.3) is 0 Å². The Morgan fingerprint density at radius 1 is 1.22 bits per heavy atom. The first-order valence-corrected chi connectivity index (χ1v) is 7.56. The van der Waals surface area contributed by atoms with Gasteiger partial charge in [0.15, 0.2) is 5.96 Å². The monoisotopic (exact) mass is 434 g/mol. The molecule has 1 aromatic rings. The Morgan fingerprint density at radius 2 is 1.78 bits per heavy atom. The molecular formula is C17H31IN4O. The molecule has 0 radical (unpaired) electrons. The molecule has 2 N–H and O–H groups in total. The minimum absolute atomic E-state index is 0. The van der Waals surface area contributed by atoms with Crippen molar-refractivity contribution in [3.8, 4) is 5.75 Å². The summed E-state index contributed by atoms with van der Waals surface area (Å²) in [6, 6.07) is 8.45. The van der Waals surface area contributed by atoms with Gasteiger partial charge in [-0.2, -0.15) is 0 Å². The third kappa shape index (κ3) is 7.87. The van der Waals surface area contributed by atoms with Gasteiger partial charge in [0.1, 0.15) is 5.75 Å². The van der Waals surface area contributed by atoms with Gasteiger partial charge in [-0.3, -0.25) is 4.99 Å². The normalized spacial score (nSPS) is 13.3.